The van der Waals surface area contributed by atoms with Gasteiger partial charge in [-0.05, 0) is 42.6 Å². The molecule has 2 aromatic heterocycles. The van der Waals surface area contributed by atoms with Crippen molar-refractivity contribution in [2.45, 2.75) is 17.3 Å². The van der Waals surface area contributed by atoms with Gasteiger partial charge < -0.3 is 0 Å². The molecule has 3 rings (SSSR count). The van der Waals surface area contributed by atoms with Gasteiger partial charge in [0, 0.05) is 12.6 Å². The van der Waals surface area contributed by atoms with E-state index in [2.05, 4.69) is 4.98 Å². The number of aromatic nitrogens is 2. The number of fused-ring (bicyclic) bond motifs is 1. The van der Waals surface area contributed by atoms with Crippen LogP contribution >= 0.6 is 23.1 Å². The molecule has 0 spiro atoms. The van der Waals surface area contributed by atoms with E-state index in [1.165, 1.54) is 51.9 Å². The van der Waals surface area contributed by atoms with Crippen LogP contribution in [0.1, 0.15) is 17.3 Å². The molecule has 1 aromatic carbocycles. The van der Waals surface area contributed by atoms with Crippen molar-refractivity contribution in [2.75, 3.05) is 0 Å². The summed E-state index contributed by atoms with van der Waals surface area (Å²) in [6.07, 6.45) is 0. The first-order valence-electron chi connectivity index (χ1n) is 6.88. The van der Waals surface area contributed by atoms with E-state index in [1.807, 2.05) is 5.38 Å². The molecule has 0 radical (unpaired) electrons. The minimum absolute atomic E-state index is 0.117. The summed E-state index contributed by atoms with van der Waals surface area (Å²) in [5.74, 6) is -0.511. The average molecular weight is 348 g/mol. The van der Waals surface area contributed by atoms with Gasteiger partial charge in [-0.2, -0.15) is 0 Å². The maximum atomic E-state index is 12.9. The Kier molecular flexibility index (Phi) is 4.32. The lowest BCUT2D eigenvalue weighted by Gasteiger charge is -2.12. The van der Waals surface area contributed by atoms with Crippen molar-refractivity contribution in [2.24, 2.45) is 7.05 Å². The highest BCUT2D eigenvalue weighted by Gasteiger charge is 2.20. The molecule has 23 heavy (non-hydrogen) atoms. The number of nitrogens with zero attached hydrogens (tertiary/aromatic N) is 2. The average Bonchev–Trinajstić information content (AvgIpc) is 3.00. The van der Waals surface area contributed by atoms with E-state index < -0.39 is 5.25 Å². The summed E-state index contributed by atoms with van der Waals surface area (Å²) < 4.78 is 15.0. The Morgan fingerprint density at radius 2 is 2.00 bits per heavy atom. The molecule has 2 heterocycles. The molecule has 0 aliphatic heterocycles. The Bertz CT molecular complexity index is 931. The van der Waals surface area contributed by atoms with Gasteiger partial charge in [0.25, 0.3) is 5.56 Å². The van der Waals surface area contributed by atoms with Gasteiger partial charge in [-0.1, -0.05) is 11.8 Å². The van der Waals surface area contributed by atoms with Crippen LogP contribution in [-0.4, -0.2) is 20.6 Å². The molecular weight excluding hydrogens is 335 g/mol. The van der Waals surface area contributed by atoms with Crippen LogP contribution < -0.4 is 5.56 Å². The second kappa shape index (κ2) is 6.25. The number of hydrogen-bond acceptors (Lipinski definition) is 5. The molecule has 1 unspecified atom stereocenters. The number of ketones is 1. The Balaban J connectivity index is 1.89. The normalized spacial score (nSPS) is 12.5. The number of thioether (sulfide) groups is 1. The molecule has 1 atom stereocenters. The monoisotopic (exact) mass is 348 g/mol. The largest absolute Gasteiger partial charge is 0.293 e. The fourth-order valence-electron chi connectivity index (χ4n) is 2.13. The molecule has 7 heteroatoms. The van der Waals surface area contributed by atoms with Crippen LogP contribution in [0, 0.1) is 5.82 Å². The molecule has 0 aliphatic rings. The van der Waals surface area contributed by atoms with E-state index in [0.29, 0.717) is 20.9 Å². The Hall–Kier alpha value is -1.99. The number of carbonyl (C=O) groups excluding carboxylic acids is 1. The van der Waals surface area contributed by atoms with Crippen LogP contribution in [0.25, 0.3) is 10.2 Å². The molecule has 4 nitrogen and oxygen atoms in total. The van der Waals surface area contributed by atoms with Crippen molar-refractivity contribution in [3.63, 3.8) is 0 Å². The Labute approximate surface area is 140 Å². The standard InChI is InChI=1S/C16H13FN2O2S2/c1-9(13(20)10-3-5-11(17)6-4-10)23-16-18-12-7-8-22-14(12)15(21)19(16)2/h3-9H,1-2H3. The molecule has 0 bridgehead atoms. The Morgan fingerprint density at radius 1 is 1.30 bits per heavy atom. The predicted molar refractivity (Wildman–Crippen MR) is 90.9 cm³/mol. The third kappa shape index (κ3) is 3.07. The number of rotatable bonds is 4. The number of carbonyl (C=O) groups is 1. The summed E-state index contributed by atoms with van der Waals surface area (Å²) >= 11 is 2.58. The van der Waals surface area contributed by atoms with E-state index in [1.54, 1.807) is 20.0 Å². The number of Topliss-reactive ketones (excluding diaryl/α,β-unsaturated/α-hetero) is 1. The summed E-state index contributed by atoms with van der Waals surface area (Å²) in [6.45, 7) is 1.75. The molecule has 0 N–H and O–H groups in total. The van der Waals surface area contributed by atoms with Crippen LogP contribution in [0.2, 0.25) is 0 Å². The molecule has 0 saturated carbocycles. The van der Waals surface area contributed by atoms with Crippen molar-refractivity contribution in [1.29, 1.82) is 0 Å². The third-order valence-corrected chi connectivity index (χ3v) is 5.46. The van der Waals surface area contributed by atoms with E-state index in [9.17, 15) is 14.0 Å². The van der Waals surface area contributed by atoms with Gasteiger partial charge in [0.1, 0.15) is 10.5 Å². The van der Waals surface area contributed by atoms with Crippen molar-refractivity contribution in [3.8, 4) is 0 Å². The number of thiophene rings is 1. The molecule has 0 saturated heterocycles. The van der Waals surface area contributed by atoms with E-state index in [0.717, 1.165) is 0 Å². The maximum absolute atomic E-state index is 12.9. The number of benzene rings is 1. The first kappa shape index (κ1) is 15.9. The van der Waals surface area contributed by atoms with E-state index >= 15 is 0 Å². The second-order valence-electron chi connectivity index (χ2n) is 5.02. The number of halogens is 1. The van der Waals surface area contributed by atoms with Gasteiger partial charge in [-0.3, -0.25) is 14.2 Å². The van der Waals surface area contributed by atoms with Crippen molar-refractivity contribution in [3.05, 3.63) is 57.4 Å². The zero-order valence-electron chi connectivity index (χ0n) is 12.4. The third-order valence-electron chi connectivity index (χ3n) is 3.43. The second-order valence-corrected chi connectivity index (χ2v) is 7.25. The van der Waals surface area contributed by atoms with E-state index in [-0.39, 0.29) is 17.2 Å². The SMILES string of the molecule is CC(Sc1nc2ccsc2c(=O)n1C)C(=O)c1ccc(F)cc1. The highest BCUT2D eigenvalue weighted by atomic mass is 32.2. The topological polar surface area (TPSA) is 52.0 Å². The van der Waals surface area contributed by atoms with Crippen LogP contribution in [0.4, 0.5) is 4.39 Å². The summed E-state index contributed by atoms with van der Waals surface area (Å²) in [5, 5.41) is 1.87. The zero-order chi connectivity index (χ0) is 16.6. The highest BCUT2D eigenvalue weighted by Crippen LogP contribution is 2.25. The highest BCUT2D eigenvalue weighted by molar-refractivity contribution is 8.00. The smallest absolute Gasteiger partial charge is 0.271 e. The Morgan fingerprint density at radius 3 is 2.70 bits per heavy atom. The van der Waals surface area contributed by atoms with Gasteiger partial charge in [0.2, 0.25) is 0 Å². The van der Waals surface area contributed by atoms with Crippen LogP contribution in [-0.2, 0) is 7.05 Å². The van der Waals surface area contributed by atoms with Crippen molar-refractivity contribution in [1.82, 2.24) is 9.55 Å². The fourth-order valence-corrected chi connectivity index (χ4v) is 3.89. The lowest BCUT2D eigenvalue weighted by Crippen LogP contribution is -2.21. The van der Waals surface area contributed by atoms with Crippen LogP contribution in [0.15, 0.2) is 45.7 Å². The minimum atomic E-state index is -0.436. The van der Waals surface area contributed by atoms with Gasteiger partial charge >= 0.3 is 0 Å². The van der Waals surface area contributed by atoms with Gasteiger partial charge in [-0.15, -0.1) is 11.3 Å². The molecule has 118 valence electrons. The van der Waals surface area contributed by atoms with Gasteiger partial charge in [-0.25, -0.2) is 9.37 Å². The zero-order valence-corrected chi connectivity index (χ0v) is 14.1. The first-order chi connectivity index (χ1) is 11.0. The van der Waals surface area contributed by atoms with Crippen LogP contribution in [0.5, 0.6) is 0 Å². The lowest BCUT2D eigenvalue weighted by atomic mass is 10.1. The quantitative estimate of drug-likeness (QED) is 0.411. The molecule has 0 aliphatic carbocycles. The molecule has 3 aromatic rings. The molecular formula is C16H13FN2O2S2. The summed E-state index contributed by atoms with van der Waals surface area (Å²) in [4.78, 5) is 29.1. The van der Waals surface area contributed by atoms with Gasteiger partial charge in [0.15, 0.2) is 10.9 Å². The fraction of sp³-hybridized carbons (Fsp3) is 0.188. The predicted octanol–water partition coefficient (Wildman–Crippen LogP) is 3.50. The van der Waals surface area contributed by atoms with Gasteiger partial charge in [0.05, 0.1) is 10.8 Å². The lowest BCUT2D eigenvalue weighted by molar-refractivity contribution is 0.0994. The number of hydrogen-bond donors (Lipinski definition) is 0. The van der Waals surface area contributed by atoms with E-state index in [4.69, 9.17) is 0 Å². The maximum Gasteiger partial charge on any atom is 0.271 e. The summed E-state index contributed by atoms with van der Waals surface area (Å²) in [5.41, 5.74) is 0.962. The minimum Gasteiger partial charge on any atom is -0.293 e. The molecule has 0 amide bonds. The first-order valence-corrected chi connectivity index (χ1v) is 8.64. The summed E-state index contributed by atoms with van der Waals surface area (Å²) in [6, 6.07) is 7.23. The summed E-state index contributed by atoms with van der Waals surface area (Å²) in [7, 11) is 1.64. The molecule has 0 fully saturated rings. The van der Waals surface area contributed by atoms with Crippen molar-refractivity contribution >= 4 is 39.1 Å². The van der Waals surface area contributed by atoms with Crippen molar-refractivity contribution < 1.29 is 9.18 Å². The van der Waals surface area contributed by atoms with Crippen LogP contribution in [0.3, 0.4) is 0 Å².